The van der Waals surface area contributed by atoms with E-state index in [2.05, 4.69) is 25.4 Å². The molecule has 0 saturated heterocycles. The zero-order valence-corrected chi connectivity index (χ0v) is 10.5. The number of hydrogen-bond acceptors (Lipinski definition) is 5. The Bertz CT molecular complexity index is 198. The molecule has 0 aromatic carbocycles. The molecule has 82 valence electrons. The lowest BCUT2D eigenvalue weighted by atomic mass is 10.3. The largest absolute Gasteiger partial charge is 0.469 e. The van der Waals surface area contributed by atoms with Crippen molar-refractivity contribution in [3.63, 3.8) is 0 Å². The van der Waals surface area contributed by atoms with Crippen molar-refractivity contribution in [2.24, 2.45) is 0 Å². The van der Waals surface area contributed by atoms with Crippen molar-refractivity contribution in [1.82, 2.24) is 0 Å². The molecule has 1 unspecified atom stereocenters. The van der Waals surface area contributed by atoms with Crippen molar-refractivity contribution >= 4 is 39.6 Å². The summed E-state index contributed by atoms with van der Waals surface area (Å²) in [5.74, 6) is -0.0413. The third-order valence-corrected chi connectivity index (χ3v) is 3.56. The second-order valence-electron chi connectivity index (χ2n) is 2.35. The summed E-state index contributed by atoms with van der Waals surface area (Å²) in [5.41, 5.74) is 0. The van der Waals surface area contributed by atoms with E-state index < -0.39 is 11.2 Å². The zero-order chi connectivity index (χ0) is 11.0. The summed E-state index contributed by atoms with van der Waals surface area (Å²) in [5, 5.41) is 0.303. The van der Waals surface area contributed by atoms with E-state index in [1.54, 1.807) is 0 Å². The number of methoxy groups -OCH3 is 2. The second kappa shape index (κ2) is 8.11. The minimum Gasteiger partial charge on any atom is -0.469 e. The lowest BCUT2D eigenvalue weighted by molar-refractivity contribution is -0.146. The Hall–Kier alpha value is -0.230. The van der Waals surface area contributed by atoms with Gasteiger partial charge in [-0.25, -0.2) is 0 Å². The molecule has 0 radical (unpaired) electrons. The Balaban J connectivity index is 4.09. The number of halogens is 1. The number of ether oxygens (including phenoxy) is 2. The van der Waals surface area contributed by atoms with Gasteiger partial charge in [0.15, 0.2) is 0 Å². The van der Waals surface area contributed by atoms with Crippen LogP contribution in [0.5, 0.6) is 0 Å². The molecule has 14 heavy (non-hydrogen) atoms. The molecule has 0 heterocycles. The smallest absolute Gasteiger partial charge is 0.319 e. The molecule has 0 aliphatic rings. The molecule has 0 N–H and O–H groups in total. The first kappa shape index (κ1) is 13.8. The van der Waals surface area contributed by atoms with E-state index in [1.165, 1.54) is 26.0 Å². The average molecular weight is 285 g/mol. The standard InChI is InChI=1S/C8H13BrO4S/c1-12-7(10)5-6(8(11)13-2)14-4-3-9/h6H,3-5H2,1-2H3. The molecule has 0 fully saturated rings. The summed E-state index contributed by atoms with van der Waals surface area (Å²) in [4.78, 5) is 22.2. The van der Waals surface area contributed by atoms with Crippen LogP contribution >= 0.6 is 27.7 Å². The minimum atomic E-state index is -0.468. The molecule has 6 heteroatoms. The van der Waals surface area contributed by atoms with Crippen LogP contribution < -0.4 is 0 Å². The van der Waals surface area contributed by atoms with Crippen molar-refractivity contribution in [2.45, 2.75) is 11.7 Å². The molecule has 0 amide bonds. The SMILES string of the molecule is COC(=O)CC(SCCBr)C(=O)OC. The van der Waals surface area contributed by atoms with Crippen LogP contribution in [0.3, 0.4) is 0 Å². The topological polar surface area (TPSA) is 52.6 Å². The van der Waals surface area contributed by atoms with Gasteiger partial charge in [-0.15, -0.1) is 11.8 Å². The zero-order valence-electron chi connectivity index (χ0n) is 8.12. The molecule has 0 aromatic rings. The van der Waals surface area contributed by atoms with Gasteiger partial charge in [0.2, 0.25) is 0 Å². The minimum absolute atomic E-state index is 0.0564. The molecule has 0 spiro atoms. The first-order chi connectivity index (χ1) is 6.65. The quantitative estimate of drug-likeness (QED) is 0.542. The maximum absolute atomic E-state index is 11.2. The first-order valence-electron chi connectivity index (χ1n) is 3.98. The van der Waals surface area contributed by atoms with Gasteiger partial charge in [0.25, 0.3) is 0 Å². The maximum atomic E-state index is 11.2. The summed E-state index contributed by atoms with van der Waals surface area (Å²) in [6, 6.07) is 0. The average Bonchev–Trinajstić information content (AvgIpc) is 2.22. The van der Waals surface area contributed by atoms with Crippen molar-refractivity contribution in [3.8, 4) is 0 Å². The highest BCUT2D eigenvalue weighted by molar-refractivity contribution is 9.09. The van der Waals surface area contributed by atoms with E-state index in [0.717, 1.165) is 11.1 Å². The van der Waals surface area contributed by atoms with E-state index >= 15 is 0 Å². The predicted octanol–water partition coefficient (Wildman–Crippen LogP) is 1.22. The van der Waals surface area contributed by atoms with Crippen LogP contribution in [0.15, 0.2) is 0 Å². The van der Waals surface area contributed by atoms with Crippen molar-refractivity contribution < 1.29 is 19.1 Å². The molecular formula is C8H13BrO4S. The van der Waals surface area contributed by atoms with E-state index in [9.17, 15) is 9.59 Å². The first-order valence-corrected chi connectivity index (χ1v) is 6.15. The molecule has 0 aromatic heterocycles. The summed E-state index contributed by atoms with van der Waals surface area (Å²) in [6.45, 7) is 0. The molecule has 0 bridgehead atoms. The number of carbonyl (C=O) groups is 2. The lowest BCUT2D eigenvalue weighted by Crippen LogP contribution is -2.23. The van der Waals surface area contributed by atoms with E-state index in [-0.39, 0.29) is 12.4 Å². The van der Waals surface area contributed by atoms with E-state index in [0.29, 0.717) is 0 Å². The van der Waals surface area contributed by atoms with Crippen LogP contribution in [-0.4, -0.2) is 42.5 Å². The Morgan fingerprint density at radius 1 is 1.36 bits per heavy atom. The summed E-state index contributed by atoms with van der Waals surface area (Å²) < 4.78 is 9.06. The van der Waals surface area contributed by atoms with Crippen LogP contribution in [0, 0.1) is 0 Å². The molecule has 0 aliphatic heterocycles. The number of rotatable bonds is 6. The Morgan fingerprint density at radius 3 is 2.43 bits per heavy atom. The van der Waals surface area contributed by atoms with Crippen LogP contribution in [0.2, 0.25) is 0 Å². The molecule has 0 rings (SSSR count). The number of carbonyl (C=O) groups excluding carboxylic acids is 2. The van der Waals surface area contributed by atoms with Gasteiger partial charge in [-0.3, -0.25) is 9.59 Å². The summed E-state index contributed by atoms with van der Waals surface area (Å²) in [6.07, 6.45) is 0.0564. The number of esters is 2. The van der Waals surface area contributed by atoms with Gasteiger partial charge in [-0.1, -0.05) is 15.9 Å². The fourth-order valence-electron chi connectivity index (χ4n) is 0.763. The van der Waals surface area contributed by atoms with Crippen LogP contribution in [-0.2, 0) is 19.1 Å². The van der Waals surface area contributed by atoms with Gasteiger partial charge >= 0.3 is 11.9 Å². The van der Waals surface area contributed by atoms with Gasteiger partial charge in [0, 0.05) is 11.1 Å². The highest BCUT2D eigenvalue weighted by Gasteiger charge is 2.23. The predicted molar refractivity (Wildman–Crippen MR) is 58.7 cm³/mol. The molecule has 4 nitrogen and oxygen atoms in total. The van der Waals surface area contributed by atoms with Crippen LogP contribution in [0.4, 0.5) is 0 Å². The molecule has 0 aliphatic carbocycles. The maximum Gasteiger partial charge on any atom is 0.319 e. The van der Waals surface area contributed by atoms with Crippen LogP contribution in [0.1, 0.15) is 6.42 Å². The Morgan fingerprint density at radius 2 is 2.00 bits per heavy atom. The third kappa shape index (κ3) is 5.49. The normalized spacial score (nSPS) is 11.9. The third-order valence-electron chi connectivity index (χ3n) is 1.44. The Labute approximate surface area is 95.8 Å². The van der Waals surface area contributed by atoms with E-state index in [4.69, 9.17) is 0 Å². The summed E-state index contributed by atoms with van der Waals surface area (Å²) >= 11 is 4.62. The second-order valence-corrected chi connectivity index (χ2v) is 4.46. The fourth-order valence-corrected chi connectivity index (χ4v) is 2.18. The van der Waals surface area contributed by atoms with Crippen LogP contribution in [0.25, 0.3) is 0 Å². The number of hydrogen-bond donors (Lipinski definition) is 0. The van der Waals surface area contributed by atoms with Crippen molar-refractivity contribution in [1.29, 1.82) is 0 Å². The van der Waals surface area contributed by atoms with Gasteiger partial charge in [0.1, 0.15) is 5.25 Å². The van der Waals surface area contributed by atoms with Crippen molar-refractivity contribution in [2.75, 3.05) is 25.3 Å². The molecule has 1 atom stereocenters. The van der Waals surface area contributed by atoms with Gasteiger partial charge < -0.3 is 9.47 Å². The lowest BCUT2D eigenvalue weighted by Gasteiger charge is -2.11. The highest BCUT2D eigenvalue weighted by atomic mass is 79.9. The van der Waals surface area contributed by atoms with Crippen molar-refractivity contribution in [3.05, 3.63) is 0 Å². The molecular weight excluding hydrogens is 272 g/mol. The van der Waals surface area contributed by atoms with Gasteiger partial charge in [-0.2, -0.15) is 0 Å². The van der Waals surface area contributed by atoms with Gasteiger partial charge in [-0.05, 0) is 0 Å². The Kier molecular flexibility index (Phi) is 7.98. The number of alkyl halides is 1. The highest BCUT2D eigenvalue weighted by Crippen LogP contribution is 2.17. The van der Waals surface area contributed by atoms with Gasteiger partial charge in [0.05, 0.1) is 20.6 Å². The number of thioether (sulfide) groups is 1. The summed E-state index contributed by atoms with van der Waals surface area (Å²) in [7, 11) is 2.60. The fraction of sp³-hybridized carbons (Fsp3) is 0.750. The van der Waals surface area contributed by atoms with E-state index in [1.807, 2.05) is 0 Å². The monoisotopic (exact) mass is 284 g/mol. The molecule has 0 saturated carbocycles.